The molecule has 0 fully saturated rings. The molecule has 26 heavy (non-hydrogen) atoms. The van der Waals surface area contributed by atoms with Crippen molar-refractivity contribution in [3.63, 3.8) is 0 Å². The summed E-state index contributed by atoms with van der Waals surface area (Å²) in [7, 11) is -4.32. The van der Waals surface area contributed by atoms with Gasteiger partial charge in [0.15, 0.2) is 5.75 Å². The minimum atomic E-state index is -4.32. The summed E-state index contributed by atoms with van der Waals surface area (Å²) in [6, 6.07) is 10.3. The van der Waals surface area contributed by atoms with E-state index in [4.69, 9.17) is 9.88 Å². The van der Waals surface area contributed by atoms with Crippen LogP contribution in [0.3, 0.4) is 0 Å². The maximum absolute atomic E-state index is 12.0. The van der Waals surface area contributed by atoms with Crippen LogP contribution in [0.4, 0.5) is 5.69 Å². The van der Waals surface area contributed by atoms with E-state index in [1.807, 2.05) is 0 Å². The molecule has 0 spiro atoms. The number of hydrogen-bond donors (Lipinski definition) is 3. The van der Waals surface area contributed by atoms with E-state index in [9.17, 15) is 23.1 Å². The second-order valence-electron chi connectivity index (χ2n) is 5.41. The molecule has 2 rings (SSSR count). The number of amides is 1. The van der Waals surface area contributed by atoms with Crippen molar-refractivity contribution in [2.45, 2.75) is 24.7 Å². The molecule has 4 N–H and O–H groups in total. The summed E-state index contributed by atoms with van der Waals surface area (Å²) in [6.45, 7) is 1.80. The van der Waals surface area contributed by atoms with Crippen molar-refractivity contribution in [1.82, 2.24) is 0 Å². The first kappa shape index (κ1) is 19.4. The fourth-order valence-electron chi connectivity index (χ4n) is 2.18. The number of benzene rings is 2. The molecular formula is C17H18N2O6S. The first-order valence-corrected chi connectivity index (χ1v) is 9.24. The topological polar surface area (TPSA) is 136 Å². The average molecular weight is 378 g/mol. The lowest BCUT2D eigenvalue weighted by atomic mass is 10.1. The molecule has 8 nitrogen and oxygen atoms in total. The third-order valence-electron chi connectivity index (χ3n) is 3.32. The van der Waals surface area contributed by atoms with Crippen LogP contribution in [0.2, 0.25) is 0 Å². The zero-order valence-corrected chi connectivity index (χ0v) is 14.7. The van der Waals surface area contributed by atoms with Gasteiger partial charge in [-0.1, -0.05) is 25.1 Å². The van der Waals surface area contributed by atoms with Gasteiger partial charge in [0.25, 0.3) is 0 Å². The third kappa shape index (κ3) is 4.80. The van der Waals surface area contributed by atoms with Crippen LogP contribution in [-0.4, -0.2) is 25.4 Å². The minimum absolute atomic E-state index is 0.0868. The molecule has 0 unspecified atom stereocenters. The Balaban J connectivity index is 2.66. The van der Waals surface area contributed by atoms with Crippen molar-refractivity contribution < 1.29 is 27.9 Å². The average Bonchev–Trinajstić information content (AvgIpc) is 2.56. The maximum Gasteiger partial charge on any atom is 0.335 e. The van der Waals surface area contributed by atoms with E-state index < -0.39 is 26.8 Å². The maximum atomic E-state index is 12.0. The molecule has 138 valence electrons. The molecule has 0 atom stereocenters. The molecule has 0 aliphatic rings. The molecule has 0 aromatic heterocycles. The van der Waals surface area contributed by atoms with Crippen molar-refractivity contribution in [3.05, 3.63) is 48.0 Å². The van der Waals surface area contributed by atoms with Gasteiger partial charge in [-0.05, 0) is 30.7 Å². The quantitative estimate of drug-likeness (QED) is 0.677. The molecule has 0 saturated carbocycles. The van der Waals surface area contributed by atoms with E-state index in [0.717, 1.165) is 12.1 Å². The number of nitrogens with one attached hydrogen (secondary N) is 1. The SMILES string of the molecule is CCCC(=O)Nc1cc(C(=O)O)cc(S(N)(=O)=O)c1Oc1ccccc1. The van der Waals surface area contributed by atoms with Crippen LogP contribution >= 0.6 is 0 Å². The number of anilines is 1. The van der Waals surface area contributed by atoms with Crippen LogP contribution in [0.15, 0.2) is 47.4 Å². The Labute approximate surface area is 150 Å². The number of hydrogen-bond acceptors (Lipinski definition) is 5. The molecular weight excluding hydrogens is 360 g/mol. The molecule has 0 aliphatic heterocycles. The van der Waals surface area contributed by atoms with Gasteiger partial charge in [0.1, 0.15) is 10.6 Å². The lowest BCUT2D eigenvalue weighted by Gasteiger charge is -2.16. The summed E-state index contributed by atoms with van der Waals surface area (Å²) >= 11 is 0. The van der Waals surface area contributed by atoms with Crippen molar-refractivity contribution in [2.24, 2.45) is 5.14 Å². The van der Waals surface area contributed by atoms with Gasteiger partial charge in [-0.2, -0.15) is 0 Å². The zero-order chi connectivity index (χ0) is 19.3. The van der Waals surface area contributed by atoms with Gasteiger partial charge < -0.3 is 15.2 Å². The minimum Gasteiger partial charge on any atom is -0.478 e. The molecule has 0 bridgehead atoms. The number of aromatic carboxylic acids is 1. The Morgan fingerprint density at radius 3 is 2.38 bits per heavy atom. The van der Waals surface area contributed by atoms with Gasteiger partial charge in [-0.3, -0.25) is 4.79 Å². The third-order valence-corrected chi connectivity index (χ3v) is 4.24. The van der Waals surface area contributed by atoms with Crippen molar-refractivity contribution >= 4 is 27.6 Å². The Kier molecular flexibility index (Phi) is 5.96. The lowest BCUT2D eigenvalue weighted by molar-refractivity contribution is -0.116. The van der Waals surface area contributed by atoms with Gasteiger partial charge in [0.2, 0.25) is 15.9 Å². The highest BCUT2D eigenvalue weighted by molar-refractivity contribution is 7.89. The van der Waals surface area contributed by atoms with Crippen molar-refractivity contribution in [3.8, 4) is 11.5 Å². The standard InChI is InChI=1S/C17H18N2O6S/c1-2-6-15(20)19-13-9-11(17(21)22)10-14(26(18,23)24)16(13)25-12-7-4-3-5-8-12/h3-5,7-10H,2,6H2,1H3,(H,19,20)(H,21,22)(H2,18,23,24). The largest absolute Gasteiger partial charge is 0.478 e. The van der Waals surface area contributed by atoms with Crippen molar-refractivity contribution in [1.29, 1.82) is 0 Å². The molecule has 9 heteroatoms. The van der Waals surface area contributed by atoms with E-state index in [0.29, 0.717) is 12.2 Å². The van der Waals surface area contributed by atoms with Crippen LogP contribution < -0.4 is 15.2 Å². The number of carbonyl (C=O) groups is 2. The molecule has 1 amide bonds. The number of primary sulfonamides is 1. The Morgan fingerprint density at radius 1 is 1.19 bits per heavy atom. The summed E-state index contributed by atoms with van der Waals surface area (Å²) in [6.07, 6.45) is 0.730. The van der Waals surface area contributed by atoms with Crippen LogP contribution in [0.5, 0.6) is 11.5 Å². The number of nitrogens with two attached hydrogens (primary N) is 1. The highest BCUT2D eigenvalue weighted by Crippen LogP contribution is 2.37. The first-order chi connectivity index (χ1) is 12.2. The summed E-state index contributed by atoms with van der Waals surface area (Å²) < 4.78 is 29.6. The normalized spacial score (nSPS) is 11.0. The van der Waals surface area contributed by atoms with Crippen LogP contribution in [-0.2, 0) is 14.8 Å². The molecule has 0 radical (unpaired) electrons. The first-order valence-electron chi connectivity index (χ1n) is 7.69. The molecule has 0 saturated heterocycles. The van der Waals surface area contributed by atoms with Gasteiger partial charge >= 0.3 is 5.97 Å². The molecule has 0 aliphatic carbocycles. The number of carboxylic acid groups (broad SMARTS) is 1. The second-order valence-corrected chi connectivity index (χ2v) is 6.94. The van der Waals surface area contributed by atoms with E-state index >= 15 is 0 Å². The Hall–Kier alpha value is -2.91. The van der Waals surface area contributed by atoms with Crippen LogP contribution in [0.1, 0.15) is 30.1 Å². The predicted octanol–water partition coefficient (Wildman–Crippen LogP) is 2.56. The molecule has 0 heterocycles. The summed E-state index contributed by atoms with van der Waals surface area (Å²) in [5, 5.41) is 16.9. The zero-order valence-electron chi connectivity index (χ0n) is 13.9. The number of sulfonamides is 1. The highest BCUT2D eigenvalue weighted by Gasteiger charge is 2.24. The van der Waals surface area contributed by atoms with Gasteiger partial charge in [-0.15, -0.1) is 0 Å². The highest BCUT2D eigenvalue weighted by atomic mass is 32.2. The second kappa shape index (κ2) is 7.98. The van der Waals surface area contributed by atoms with Gasteiger partial charge in [0, 0.05) is 6.42 Å². The molecule has 2 aromatic rings. The number of ether oxygens (including phenoxy) is 1. The van der Waals surface area contributed by atoms with E-state index in [-0.39, 0.29) is 23.4 Å². The summed E-state index contributed by atoms with van der Waals surface area (Å²) in [5.41, 5.74) is -0.433. The van der Waals surface area contributed by atoms with Crippen LogP contribution in [0.25, 0.3) is 0 Å². The van der Waals surface area contributed by atoms with E-state index in [1.165, 1.54) is 0 Å². The van der Waals surface area contributed by atoms with E-state index in [1.54, 1.807) is 37.3 Å². The number of carbonyl (C=O) groups excluding carboxylic acids is 1. The predicted molar refractivity (Wildman–Crippen MR) is 94.8 cm³/mol. The van der Waals surface area contributed by atoms with Gasteiger partial charge in [-0.25, -0.2) is 18.4 Å². The summed E-state index contributed by atoms with van der Waals surface area (Å²) in [4.78, 5) is 22.8. The smallest absolute Gasteiger partial charge is 0.335 e. The van der Waals surface area contributed by atoms with E-state index in [2.05, 4.69) is 5.32 Å². The summed E-state index contributed by atoms with van der Waals surface area (Å²) in [5.74, 6) is -1.72. The molecule has 2 aromatic carbocycles. The van der Waals surface area contributed by atoms with Crippen LogP contribution in [0, 0.1) is 0 Å². The van der Waals surface area contributed by atoms with Gasteiger partial charge in [0.05, 0.1) is 11.3 Å². The fraction of sp³-hybridized carbons (Fsp3) is 0.176. The number of para-hydroxylation sites is 1. The number of rotatable bonds is 7. The Morgan fingerprint density at radius 2 is 1.85 bits per heavy atom. The Bertz CT molecular complexity index is 926. The number of carboxylic acids is 1. The van der Waals surface area contributed by atoms with Crippen molar-refractivity contribution in [2.75, 3.05) is 5.32 Å². The lowest BCUT2D eigenvalue weighted by Crippen LogP contribution is -2.18. The monoisotopic (exact) mass is 378 g/mol. The fourth-order valence-corrected chi connectivity index (χ4v) is 2.88.